The maximum absolute atomic E-state index is 11.1. The van der Waals surface area contributed by atoms with Gasteiger partial charge in [0.05, 0.1) is 16.2 Å². The summed E-state index contributed by atoms with van der Waals surface area (Å²) in [6, 6.07) is 0. The third kappa shape index (κ3) is 18.9. The minimum atomic E-state index is -4.11. The third-order valence-electron chi connectivity index (χ3n) is 4.95. The summed E-state index contributed by atoms with van der Waals surface area (Å²) in [5.41, 5.74) is 0. The number of aliphatic hydroxyl groups is 1. The van der Waals surface area contributed by atoms with Crippen LogP contribution in [0.2, 0.25) is 0 Å². The van der Waals surface area contributed by atoms with Crippen molar-refractivity contribution in [3.8, 4) is 0 Å². The fourth-order valence-corrected chi connectivity index (χ4v) is 4.38. The molecule has 2 atom stereocenters. The zero-order valence-corrected chi connectivity index (χ0v) is 21.5. The van der Waals surface area contributed by atoms with Crippen molar-refractivity contribution in [2.45, 2.75) is 128 Å². The summed E-state index contributed by atoms with van der Waals surface area (Å²) in [6.45, 7) is 4.03. The minimum absolute atomic E-state index is 0. The van der Waals surface area contributed by atoms with E-state index in [4.69, 9.17) is 0 Å². The second kappa shape index (κ2) is 19.8. The molecule has 0 radical (unpaired) electrons. The third-order valence-corrected chi connectivity index (χ3v) is 6.24. The van der Waals surface area contributed by atoms with Crippen LogP contribution in [0.1, 0.15) is 117 Å². The molecule has 0 saturated carbocycles. The predicted molar refractivity (Wildman–Crippen MR) is 105 cm³/mol. The van der Waals surface area contributed by atoms with Crippen molar-refractivity contribution in [3.05, 3.63) is 0 Å². The molecular weight excluding hydrogens is 375 g/mol. The fourth-order valence-electron chi connectivity index (χ4n) is 3.40. The molecule has 0 aromatic rings. The molecule has 6 heteroatoms. The summed E-state index contributed by atoms with van der Waals surface area (Å²) in [7, 11) is -4.11. The molecule has 0 bridgehead atoms. The Labute approximate surface area is 205 Å². The van der Waals surface area contributed by atoms with Gasteiger partial charge in [0.2, 0.25) is 0 Å². The number of rotatable bonds is 18. The molecule has 0 saturated heterocycles. The molecule has 0 spiro atoms. The van der Waals surface area contributed by atoms with E-state index in [2.05, 4.69) is 6.92 Å². The Balaban J connectivity index is 0. The first kappa shape index (κ1) is 29.7. The number of hydrogen-bond acceptors (Lipinski definition) is 4. The molecule has 0 heterocycles. The van der Waals surface area contributed by atoms with Crippen LogP contribution in [0, 0.1) is 0 Å². The van der Waals surface area contributed by atoms with E-state index in [1.54, 1.807) is 0 Å². The van der Waals surface area contributed by atoms with E-state index in [-0.39, 0.29) is 57.5 Å². The van der Waals surface area contributed by atoms with Crippen LogP contribution in [0.25, 0.3) is 0 Å². The van der Waals surface area contributed by atoms with Crippen LogP contribution < -0.4 is 51.4 Å². The smallest absolute Gasteiger partial charge is 0.748 e. The summed E-state index contributed by atoms with van der Waals surface area (Å²) in [6.07, 6.45) is 16.3. The van der Waals surface area contributed by atoms with Gasteiger partial charge in [-0.15, -0.1) is 0 Å². The minimum Gasteiger partial charge on any atom is -0.748 e. The fraction of sp³-hybridized carbons (Fsp3) is 1.00. The standard InChI is InChI=1S/C20H42O4S.K/c1-3-15-19(21)17-13-11-9-7-5-6-8-10-12-14-18-20(16-4-2)25(22,23)24;/h19-21H,3-18H2,1-2H3,(H,22,23,24);/q;+1/p-1. The van der Waals surface area contributed by atoms with Gasteiger partial charge in [0, 0.05) is 5.25 Å². The molecule has 2 unspecified atom stereocenters. The largest absolute Gasteiger partial charge is 1.00 e. The van der Waals surface area contributed by atoms with Crippen molar-refractivity contribution < 1.29 is 69.5 Å². The molecule has 0 aliphatic carbocycles. The molecule has 0 aliphatic heterocycles. The molecule has 1 N–H and O–H groups in total. The zero-order chi connectivity index (χ0) is 19.0. The Morgan fingerprint density at radius 3 is 1.46 bits per heavy atom. The maximum atomic E-state index is 11.1. The Kier molecular flexibility index (Phi) is 22.6. The molecule has 0 aromatic carbocycles. The van der Waals surface area contributed by atoms with Crippen LogP contribution in [-0.4, -0.2) is 29.4 Å². The number of hydrogen-bond donors (Lipinski definition) is 1. The summed E-state index contributed by atoms with van der Waals surface area (Å²) in [5, 5.41) is 8.98. The van der Waals surface area contributed by atoms with Gasteiger partial charge in [-0.05, 0) is 25.7 Å². The van der Waals surface area contributed by atoms with Crippen LogP contribution in [0.5, 0.6) is 0 Å². The topological polar surface area (TPSA) is 77.4 Å². The van der Waals surface area contributed by atoms with Crippen molar-refractivity contribution >= 4 is 10.1 Å². The first-order valence-corrected chi connectivity index (χ1v) is 12.0. The van der Waals surface area contributed by atoms with Gasteiger partial charge in [0.15, 0.2) is 0 Å². The molecule has 152 valence electrons. The molecule has 0 fully saturated rings. The second-order valence-electron chi connectivity index (χ2n) is 7.46. The van der Waals surface area contributed by atoms with E-state index >= 15 is 0 Å². The second-order valence-corrected chi connectivity index (χ2v) is 9.11. The predicted octanol–water partition coefficient (Wildman–Crippen LogP) is 2.55. The molecule has 26 heavy (non-hydrogen) atoms. The Morgan fingerprint density at radius 1 is 0.692 bits per heavy atom. The Morgan fingerprint density at radius 2 is 1.08 bits per heavy atom. The van der Waals surface area contributed by atoms with E-state index < -0.39 is 15.4 Å². The van der Waals surface area contributed by atoms with Gasteiger partial charge < -0.3 is 9.66 Å². The van der Waals surface area contributed by atoms with Crippen LogP contribution in [-0.2, 0) is 10.1 Å². The van der Waals surface area contributed by atoms with E-state index in [0.29, 0.717) is 12.8 Å². The van der Waals surface area contributed by atoms with E-state index in [1.807, 2.05) is 6.92 Å². The maximum Gasteiger partial charge on any atom is 1.00 e. The van der Waals surface area contributed by atoms with Crippen molar-refractivity contribution in [1.29, 1.82) is 0 Å². The number of unbranched alkanes of at least 4 members (excludes halogenated alkanes) is 9. The van der Waals surface area contributed by atoms with E-state index in [9.17, 15) is 18.1 Å². The summed E-state index contributed by atoms with van der Waals surface area (Å²) in [5.74, 6) is 0. The summed E-state index contributed by atoms with van der Waals surface area (Å²) >= 11 is 0. The first-order valence-electron chi connectivity index (χ1n) is 10.5. The normalized spacial score (nSPS) is 14.0. The molecule has 4 nitrogen and oxygen atoms in total. The van der Waals surface area contributed by atoms with Crippen LogP contribution >= 0.6 is 0 Å². The Bertz CT molecular complexity index is 387. The van der Waals surface area contributed by atoms with E-state index in [1.165, 1.54) is 38.5 Å². The molecule has 0 amide bonds. The first-order chi connectivity index (χ1) is 11.9. The van der Waals surface area contributed by atoms with Gasteiger partial charge in [-0.25, -0.2) is 8.42 Å². The average molecular weight is 417 g/mol. The SMILES string of the molecule is CCCC(O)CCCCCCCCCCCCC(CCC)S(=O)(=O)[O-].[K+]. The number of aliphatic hydroxyl groups excluding tert-OH is 1. The van der Waals surface area contributed by atoms with Crippen LogP contribution in [0.15, 0.2) is 0 Å². The van der Waals surface area contributed by atoms with Crippen molar-refractivity contribution in [2.24, 2.45) is 0 Å². The van der Waals surface area contributed by atoms with Gasteiger partial charge in [-0.3, -0.25) is 0 Å². The molecular formula is C20H41KO4S. The quantitative estimate of drug-likeness (QED) is 0.212. The average Bonchev–Trinajstić information content (AvgIpc) is 2.54. The van der Waals surface area contributed by atoms with Crippen molar-refractivity contribution in [2.75, 3.05) is 0 Å². The van der Waals surface area contributed by atoms with Crippen LogP contribution in [0.4, 0.5) is 0 Å². The molecule has 0 aromatic heterocycles. The molecule has 0 aliphatic rings. The summed E-state index contributed by atoms with van der Waals surface area (Å²) in [4.78, 5) is 0. The van der Waals surface area contributed by atoms with Gasteiger partial charge in [-0.2, -0.15) is 0 Å². The van der Waals surface area contributed by atoms with E-state index in [0.717, 1.165) is 51.4 Å². The summed E-state index contributed by atoms with van der Waals surface area (Å²) < 4.78 is 33.4. The van der Waals surface area contributed by atoms with Crippen molar-refractivity contribution in [1.82, 2.24) is 0 Å². The monoisotopic (exact) mass is 416 g/mol. The molecule has 0 rings (SSSR count). The van der Waals surface area contributed by atoms with Crippen molar-refractivity contribution in [3.63, 3.8) is 0 Å². The van der Waals surface area contributed by atoms with Gasteiger partial charge in [-0.1, -0.05) is 90.9 Å². The van der Waals surface area contributed by atoms with Gasteiger partial charge in [0.1, 0.15) is 0 Å². The Hall–Kier alpha value is 1.51. The van der Waals surface area contributed by atoms with Gasteiger partial charge >= 0.3 is 51.4 Å². The zero-order valence-electron chi connectivity index (χ0n) is 17.5. The van der Waals surface area contributed by atoms with Crippen LogP contribution in [0.3, 0.4) is 0 Å². The van der Waals surface area contributed by atoms with Gasteiger partial charge in [0.25, 0.3) is 0 Å².